The van der Waals surface area contributed by atoms with Gasteiger partial charge in [0.1, 0.15) is 11.6 Å². The standard InChI is InChI=1S/C17H17N3O/c1-13(14-7-4-3-5-8-14)19-17(21)15(12-18)11-16-9-6-10-20(16)2/h3-11,13H,1-2H3,(H,19,21)/b15-11-/t13-/m1/s1. The second-order valence-corrected chi connectivity index (χ2v) is 4.82. The highest BCUT2D eigenvalue weighted by Crippen LogP contribution is 2.13. The van der Waals surface area contributed by atoms with Crippen LogP contribution in [0.4, 0.5) is 0 Å². The molecule has 106 valence electrons. The van der Waals surface area contributed by atoms with Crippen LogP contribution in [-0.4, -0.2) is 10.5 Å². The Morgan fingerprint density at radius 1 is 1.29 bits per heavy atom. The van der Waals surface area contributed by atoms with Crippen LogP contribution in [0.1, 0.15) is 24.2 Å². The average molecular weight is 279 g/mol. The fourth-order valence-electron chi connectivity index (χ4n) is 2.02. The molecule has 21 heavy (non-hydrogen) atoms. The van der Waals surface area contributed by atoms with Crippen LogP contribution in [0.2, 0.25) is 0 Å². The van der Waals surface area contributed by atoms with Crippen molar-refractivity contribution in [1.29, 1.82) is 5.26 Å². The Morgan fingerprint density at radius 3 is 2.57 bits per heavy atom. The molecule has 4 nitrogen and oxygen atoms in total. The predicted molar refractivity (Wildman–Crippen MR) is 82.0 cm³/mol. The number of amides is 1. The molecule has 0 fully saturated rings. The van der Waals surface area contributed by atoms with Gasteiger partial charge in [-0.1, -0.05) is 30.3 Å². The van der Waals surface area contributed by atoms with E-state index in [4.69, 9.17) is 0 Å². The maximum atomic E-state index is 12.2. The fourth-order valence-corrected chi connectivity index (χ4v) is 2.02. The van der Waals surface area contributed by atoms with E-state index in [2.05, 4.69) is 5.32 Å². The third-order valence-corrected chi connectivity index (χ3v) is 3.29. The summed E-state index contributed by atoms with van der Waals surface area (Å²) in [6.07, 6.45) is 3.46. The topological polar surface area (TPSA) is 57.8 Å². The number of aryl methyl sites for hydroxylation is 1. The molecule has 0 radical (unpaired) electrons. The minimum absolute atomic E-state index is 0.0968. The zero-order valence-corrected chi connectivity index (χ0v) is 12.1. The third-order valence-electron chi connectivity index (χ3n) is 3.29. The summed E-state index contributed by atoms with van der Waals surface area (Å²) in [4.78, 5) is 12.2. The summed E-state index contributed by atoms with van der Waals surface area (Å²) >= 11 is 0. The van der Waals surface area contributed by atoms with Gasteiger partial charge in [-0.3, -0.25) is 4.79 Å². The van der Waals surface area contributed by atoms with Crippen molar-refractivity contribution in [3.8, 4) is 6.07 Å². The lowest BCUT2D eigenvalue weighted by atomic mass is 10.1. The number of nitrogens with one attached hydrogen (secondary N) is 1. The normalized spacial score (nSPS) is 12.5. The van der Waals surface area contributed by atoms with Crippen molar-refractivity contribution in [2.45, 2.75) is 13.0 Å². The summed E-state index contributed by atoms with van der Waals surface area (Å²) in [7, 11) is 1.87. The van der Waals surface area contributed by atoms with E-state index in [0.29, 0.717) is 0 Å². The molecule has 4 heteroatoms. The van der Waals surface area contributed by atoms with Crippen molar-refractivity contribution in [1.82, 2.24) is 9.88 Å². The molecule has 2 aromatic rings. The van der Waals surface area contributed by atoms with E-state index >= 15 is 0 Å². The highest BCUT2D eigenvalue weighted by atomic mass is 16.1. The molecule has 0 unspecified atom stereocenters. The molecule has 1 heterocycles. The van der Waals surface area contributed by atoms with E-state index in [0.717, 1.165) is 11.3 Å². The summed E-state index contributed by atoms with van der Waals surface area (Å²) in [5.74, 6) is -0.366. The van der Waals surface area contributed by atoms with Crippen LogP contribution < -0.4 is 5.32 Å². The predicted octanol–water partition coefficient (Wildman–Crippen LogP) is 2.81. The van der Waals surface area contributed by atoms with Crippen molar-refractivity contribution >= 4 is 12.0 Å². The number of aromatic nitrogens is 1. The molecule has 1 atom stereocenters. The number of hydrogen-bond donors (Lipinski definition) is 1. The Hall–Kier alpha value is -2.80. The van der Waals surface area contributed by atoms with Crippen LogP contribution in [0.15, 0.2) is 54.2 Å². The van der Waals surface area contributed by atoms with Gasteiger partial charge in [-0.25, -0.2) is 0 Å². The Labute approximate surface area is 124 Å². The van der Waals surface area contributed by atoms with Gasteiger partial charge in [0.25, 0.3) is 5.91 Å². The summed E-state index contributed by atoms with van der Waals surface area (Å²) < 4.78 is 1.85. The summed E-state index contributed by atoms with van der Waals surface area (Å²) in [5, 5.41) is 12.0. The lowest BCUT2D eigenvalue weighted by molar-refractivity contribution is -0.117. The van der Waals surface area contributed by atoms with Gasteiger partial charge in [-0.15, -0.1) is 0 Å². The molecular weight excluding hydrogens is 262 g/mol. The molecule has 0 aliphatic heterocycles. The number of carbonyl (C=O) groups is 1. The lowest BCUT2D eigenvalue weighted by Crippen LogP contribution is -2.27. The molecule has 0 bridgehead atoms. The molecule has 0 aliphatic rings. The Bertz CT molecular complexity index is 692. The Kier molecular flexibility index (Phi) is 4.57. The van der Waals surface area contributed by atoms with Gasteiger partial charge in [0, 0.05) is 18.9 Å². The van der Waals surface area contributed by atoms with Gasteiger partial charge in [0.05, 0.1) is 6.04 Å². The third kappa shape index (κ3) is 3.61. The number of carbonyl (C=O) groups excluding carboxylic acids is 1. The first-order valence-corrected chi connectivity index (χ1v) is 6.70. The van der Waals surface area contributed by atoms with Crippen LogP contribution in [0.5, 0.6) is 0 Å². The molecule has 0 spiro atoms. The molecule has 1 aromatic carbocycles. The van der Waals surface area contributed by atoms with Gasteiger partial charge in [-0.2, -0.15) is 5.26 Å². The lowest BCUT2D eigenvalue weighted by Gasteiger charge is -2.13. The van der Waals surface area contributed by atoms with Crippen LogP contribution in [0.3, 0.4) is 0 Å². The quantitative estimate of drug-likeness (QED) is 0.691. The van der Waals surface area contributed by atoms with Gasteiger partial charge in [-0.05, 0) is 30.7 Å². The zero-order valence-electron chi connectivity index (χ0n) is 12.1. The molecule has 0 aliphatic carbocycles. The zero-order chi connectivity index (χ0) is 15.2. The van der Waals surface area contributed by atoms with E-state index in [1.54, 1.807) is 6.08 Å². The Morgan fingerprint density at radius 2 is 2.00 bits per heavy atom. The average Bonchev–Trinajstić information content (AvgIpc) is 2.90. The van der Waals surface area contributed by atoms with E-state index in [-0.39, 0.29) is 17.5 Å². The summed E-state index contributed by atoms with van der Waals surface area (Å²) in [6.45, 7) is 1.89. The highest BCUT2D eigenvalue weighted by Gasteiger charge is 2.13. The summed E-state index contributed by atoms with van der Waals surface area (Å²) in [5.41, 5.74) is 1.91. The molecule has 1 amide bonds. The van der Waals surface area contributed by atoms with Crippen molar-refractivity contribution in [2.75, 3.05) is 0 Å². The monoisotopic (exact) mass is 279 g/mol. The molecular formula is C17H17N3O. The van der Waals surface area contributed by atoms with E-state index < -0.39 is 0 Å². The fraction of sp³-hybridized carbons (Fsp3) is 0.176. The largest absolute Gasteiger partial charge is 0.351 e. The van der Waals surface area contributed by atoms with Crippen molar-refractivity contribution < 1.29 is 4.79 Å². The van der Waals surface area contributed by atoms with E-state index in [1.165, 1.54) is 0 Å². The number of rotatable bonds is 4. The number of hydrogen-bond acceptors (Lipinski definition) is 2. The number of benzene rings is 1. The maximum Gasteiger partial charge on any atom is 0.262 e. The van der Waals surface area contributed by atoms with Crippen LogP contribution >= 0.6 is 0 Å². The van der Waals surface area contributed by atoms with Crippen molar-refractivity contribution in [2.24, 2.45) is 7.05 Å². The minimum atomic E-state index is -0.366. The Balaban J connectivity index is 2.13. The van der Waals surface area contributed by atoms with Crippen LogP contribution in [0, 0.1) is 11.3 Å². The van der Waals surface area contributed by atoms with Crippen LogP contribution in [-0.2, 0) is 11.8 Å². The molecule has 1 N–H and O–H groups in total. The van der Waals surface area contributed by atoms with Gasteiger partial charge in [0.15, 0.2) is 0 Å². The van der Waals surface area contributed by atoms with Gasteiger partial charge in [0.2, 0.25) is 0 Å². The SMILES string of the molecule is C[C@@H](NC(=O)/C(C#N)=C\c1cccn1C)c1ccccc1. The number of nitriles is 1. The van der Waals surface area contributed by atoms with E-state index in [1.807, 2.05) is 73.3 Å². The minimum Gasteiger partial charge on any atom is -0.351 e. The van der Waals surface area contributed by atoms with Crippen molar-refractivity contribution in [3.05, 3.63) is 65.5 Å². The van der Waals surface area contributed by atoms with Crippen molar-refractivity contribution in [3.63, 3.8) is 0 Å². The molecule has 0 saturated carbocycles. The van der Waals surface area contributed by atoms with Gasteiger partial charge >= 0.3 is 0 Å². The molecule has 1 aromatic heterocycles. The second-order valence-electron chi connectivity index (χ2n) is 4.82. The number of nitrogens with zero attached hydrogens (tertiary/aromatic N) is 2. The first kappa shape index (κ1) is 14.6. The maximum absolute atomic E-state index is 12.2. The van der Waals surface area contributed by atoms with Gasteiger partial charge < -0.3 is 9.88 Å². The molecule has 0 saturated heterocycles. The first-order valence-electron chi connectivity index (χ1n) is 6.70. The highest BCUT2D eigenvalue weighted by molar-refractivity contribution is 6.01. The second kappa shape index (κ2) is 6.58. The molecule has 2 rings (SSSR count). The van der Waals surface area contributed by atoms with E-state index in [9.17, 15) is 10.1 Å². The van der Waals surface area contributed by atoms with Crippen LogP contribution in [0.25, 0.3) is 6.08 Å². The summed E-state index contributed by atoms with van der Waals surface area (Å²) in [6, 6.07) is 15.2. The smallest absolute Gasteiger partial charge is 0.262 e. The first-order chi connectivity index (χ1) is 10.1.